The minimum Gasteiger partial charge on any atom is -0.508 e. The van der Waals surface area contributed by atoms with Crippen molar-refractivity contribution >= 4 is 34.5 Å². The Bertz CT molecular complexity index is 2880. The number of methoxy groups -OCH3 is 1. The summed E-state index contributed by atoms with van der Waals surface area (Å²) in [5, 5.41) is 11.3. The summed E-state index contributed by atoms with van der Waals surface area (Å²) in [5.41, 5.74) is 7.94. The molecule has 7 aromatic carbocycles. The van der Waals surface area contributed by atoms with Crippen LogP contribution in [0.4, 0.5) is 5.69 Å². The molecule has 1 aliphatic carbocycles. The molecule has 3 aliphatic rings. The van der Waals surface area contributed by atoms with Crippen molar-refractivity contribution in [3.05, 3.63) is 185 Å². The van der Waals surface area contributed by atoms with Crippen LogP contribution >= 0.6 is 0 Å². The van der Waals surface area contributed by atoms with Crippen molar-refractivity contribution < 1.29 is 33.6 Å². The Morgan fingerprint density at radius 1 is 0.689 bits per heavy atom. The van der Waals surface area contributed by atoms with E-state index in [1.54, 1.807) is 19.2 Å². The first-order chi connectivity index (χ1) is 29.6. The molecule has 1 fully saturated rings. The predicted molar refractivity (Wildman–Crippen MR) is 237 cm³/mol. The molecule has 0 radical (unpaired) electrons. The quantitative estimate of drug-likeness (QED) is 0.120. The van der Waals surface area contributed by atoms with Gasteiger partial charge in [0.25, 0.3) is 0 Å². The van der Waals surface area contributed by atoms with Gasteiger partial charge in [-0.25, -0.2) is 9.59 Å². The van der Waals surface area contributed by atoms with Crippen LogP contribution in [-0.4, -0.2) is 37.2 Å². The second-order valence-corrected chi connectivity index (χ2v) is 16.3. The van der Waals surface area contributed by atoms with Crippen molar-refractivity contribution in [3.8, 4) is 39.9 Å². The molecule has 0 aromatic heterocycles. The Morgan fingerprint density at radius 2 is 1.31 bits per heavy atom. The number of fused-ring (bicyclic) bond motifs is 8. The molecule has 1 saturated heterocycles. The largest absolute Gasteiger partial charge is 0.508 e. The van der Waals surface area contributed by atoms with Crippen molar-refractivity contribution in [2.75, 3.05) is 25.1 Å². The Kier molecular flexibility index (Phi) is 9.17. The number of hydrogen-bond donors (Lipinski definition) is 1. The number of benzene rings is 7. The van der Waals surface area contributed by atoms with Crippen molar-refractivity contribution in [2.24, 2.45) is 0 Å². The number of esters is 2. The summed E-state index contributed by atoms with van der Waals surface area (Å²) in [7, 11) is 1.56. The minimum atomic E-state index is -0.947. The van der Waals surface area contributed by atoms with E-state index in [-0.39, 0.29) is 33.8 Å². The van der Waals surface area contributed by atoms with Crippen LogP contribution in [-0.2, 0) is 11.0 Å². The molecule has 302 valence electrons. The van der Waals surface area contributed by atoms with Crippen LogP contribution in [0.15, 0.2) is 146 Å². The van der Waals surface area contributed by atoms with E-state index in [9.17, 15) is 14.7 Å². The molecule has 8 nitrogen and oxygen atoms in total. The van der Waals surface area contributed by atoms with Gasteiger partial charge in [-0.1, -0.05) is 86.7 Å². The Hall–Kier alpha value is -7.32. The van der Waals surface area contributed by atoms with Gasteiger partial charge in [0.1, 0.15) is 17.2 Å². The van der Waals surface area contributed by atoms with Crippen LogP contribution < -0.4 is 23.8 Å². The summed E-state index contributed by atoms with van der Waals surface area (Å²) in [5.74, 6) is 0.443. The summed E-state index contributed by atoms with van der Waals surface area (Å²) >= 11 is 0. The summed E-state index contributed by atoms with van der Waals surface area (Å²) in [6.45, 7) is 6.63. The zero-order valence-corrected chi connectivity index (χ0v) is 34.1. The minimum absolute atomic E-state index is 0.0460. The second kappa shape index (κ2) is 14.7. The van der Waals surface area contributed by atoms with E-state index < -0.39 is 17.5 Å². The van der Waals surface area contributed by atoms with Crippen LogP contribution in [0.25, 0.3) is 28.0 Å². The van der Waals surface area contributed by atoms with Crippen LogP contribution in [0.2, 0.25) is 0 Å². The maximum atomic E-state index is 13.8. The molecule has 1 unspecified atom stereocenters. The average molecular weight is 806 g/mol. The molecule has 0 saturated carbocycles. The van der Waals surface area contributed by atoms with E-state index in [4.69, 9.17) is 18.9 Å². The van der Waals surface area contributed by atoms with Crippen molar-refractivity contribution in [1.82, 2.24) is 0 Å². The van der Waals surface area contributed by atoms with E-state index in [1.165, 1.54) is 60.5 Å². The lowest BCUT2D eigenvalue weighted by Crippen LogP contribution is -2.35. The molecule has 2 aliphatic heterocycles. The van der Waals surface area contributed by atoms with Gasteiger partial charge in [0, 0.05) is 46.3 Å². The zero-order valence-electron chi connectivity index (χ0n) is 34.1. The first-order valence-corrected chi connectivity index (χ1v) is 20.6. The third-order valence-corrected chi connectivity index (χ3v) is 12.4. The Labute approximate surface area is 354 Å². The first-order valence-electron chi connectivity index (χ1n) is 20.6. The number of hydrogen-bond acceptors (Lipinski definition) is 8. The topological polar surface area (TPSA) is 94.5 Å². The molecule has 8 heteroatoms. The van der Waals surface area contributed by atoms with Gasteiger partial charge >= 0.3 is 11.9 Å². The smallest absolute Gasteiger partial charge is 0.343 e. The molecule has 1 N–H and O–H groups in total. The highest BCUT2D eigenvalue weighted by molar-refractivity contribution is 6.10. The van der Waals surface area contributed by atoms with Crippen LogP contribution in [0.1, 0.15) is 75.2 Å². The fourth-order valence-electron chi connectivity index (χ4n) is 9.34. The first kappa shape index (κ1) is 37.9. The van der Waals surface area contributed by atoms with Crippen molar-refractivity contribution in [1.29, 1.82) is 0 Å². The van der Waals surface area contributed by atoms with E-state index in [0.717, 1.165) is 63.0 Å². The van der Waals surface area contributed by atoms with Gasteiger partial charge in [0.2, 0.25) is 0 Å². The maximum Gasteiger partial charge on any atom is 0.343 e. The molecular weight excluding hydrogens is 763 g/mol. The van der Waals surface area contributed by atoms with Crippen LogP contribution in [0, 0.1) is 0 Å². The number of ether oxygens (including phenoxy) is 4. The van der Waals surface area contributed by atoms with Gasteiger partial charge in [-0.2, -0.15) is 0 Å². The third kappa shape index (κ3) is 6.38. The highest BCUT2D eigenvalue weighted by Crippen LogP contribution is 2.59. The van der Waals surface area contributed by atoms with Gasteiger partial charge in [0.15, 0.2) is 17.1 Å². The molecule has 1 atom stereocenters. The highest BCUT2D eigenvalue weighted by Gasteiger charge is 2.44. The number of anilines is 1. The molecule has 0 spiro atoms. The highest BCUT2D eigenvalue weighted by atomic mass is 16.6. The standard InChI is InChI=1S/C53H43NO7/c1-52(2)44-14-8-7-13-40(44)47-42-31-46(60-51(57)34-17-25-39(26-18-34)59-50(56)33-15-23-38(55)24-16-33)45(58-3)32-43(42)49-41(48(47)52)27-28-53(61-49,35-11-5-4-6-12-35)36-19-21-37(22-20-36)54-29-9-10-30-54/h4-8,11-28,31-32,55H,9-10,29-30H2,1-3H3. The summed E-state index contributed by atoms with van der Waals surface area (Å²) in [4.78, 5) is 28.9. The average Bonchev–Trinajstić information content (AvgIpc) is 3.92. The molecule has 0 bridgehead atoms. The molecule has 2 heterocycles. The molecule has 0 amide bonds. The van der Waals surface area contributed by atoms with Crippen LogP contribution in [0.3, 0.4) is 0 Å². The summed E-state index contributed by atoms with van der Waals surface area (Å²) < 4.78 is 25.2. The fraction of sp³-hybridized carbons (Fsp3) is 0.170. The number of carbonyl (C=O) groups is 2. The van der Waals surface area contributed by atoms with Gasteiger partial charge in [-0.05, 0) is 119 Å². The summed E-state index contributed by atoms with van der Waals surface area (Å²) in [6, 6.07) is 43.4. The van der Waals surface area contributed by atoms with Gasteiger partial charge in [-0.15, -0.1) is 0 Å². The van der Waals surface area contributed by atoms with Gasteiger partial charge < -0.3 is 29.0 Å². The normalized spacial score (nSPS) is 16.9. The second-order valence-electron chi connectivity index (χ2n) is 16.3. The van der Waals surface area contributed by atoms with Gasteiger partial charge in [-0.3, -0.25) is 0 Å². The lowest BCUT2D eigenvalue weighted by molar-refractivity contribution is 0.0727. The zero-order chi connectivity index (χ0) is 41.9. The number of aromatic hydroxyl groups is 1. The van der Waals surface area contributed by atoms with E-state index in [2.05, 4.69) is 91.6 Å². The third-order valence-electron chi connectivity index (χ3n) is 12.4. The number of phenols is 1. The van der Waals surface area contributed by atoms with Crippen molar-refractivity contribution in [3.63, 3.8) is 0 Å². The number of phenolic OH excluding ortho intramolecular Hbond substituents is 1. The van der Waals surface area contributed by atoms with Crippen LogP contribution in [0.5, 0.6) is 28.7 Å². The monoisotopic (exact) mass is 805 g/mol. The Balaban J connectivity index is 1.07. The van der Waals surface area contributed by atoms with Crippen molar-refractivity contribution in [2.45, 2.75) is 37.7 Å². The number of nitrogens with zero attached hydrogens (tertiary/aromatic N) is 1. The summed E-state index contributed by atoms with van der Waals surface area (Å²) in [6.07, 6.45) is 6.84. The molecule has 10 rings (SSSR count). The lowest BCUT2D eigenvalue weighted by atomic mass is 9.76. The number of carbonyl (C=O) groups excluding carboxylic acids is 2. The Morgan fingerprint density at radius 3 is 2.02 bits per heavy atom. The van der Waals surface area contributed by atoms with E-state index in [1.807, 2.05) is 30.3 Å². The lowest BCUT2D eigenvalue weighted by Gasteiger charge is -2.38. The predicted octanol–water partition coefficient (Wildman–Crippen LogP) is 11.2. The maximum absolute atomic E-state index is 13.8. The van der Waals surface area contributed by atoms with E-state index >= 15 is 0 Å². The molecular formula is C53H43NO7. The fourth-order valence-corrected chi connectivity index (χ4v) is 9.34. The molecule has 7 aromatic rings. The van der Waals surface area contributed by atoms with Gasteiger partial charge in [0.05, 0.1) is 18.2 Å². The van der Waals surface area contributed by atoms with E-state index in [0.29, 0.717) is 5.75 Å². The molecule has 61 heavy (non-hydrogen) atoms. The number of rotatable bonds is 8. The SMILES string of the molecule is COc1cc2c3c(c4c(c2cc1OC(=O)c1ccc(OC(=O)c2ccc(O)cc2)cc1)-c1ccccc1C4(C)C)C=CC(c1ccccc1)(c1ccc(N2CCCC2)cc1)O3.